The van der Waals surface area contributed by atoms with Gasteiger partial charge in [-0.3, -0.25) is 0 Å². The summed E-state index contributed by atoms with van der Waals surface area (Å²) in [7, 11) is 0. The lowest BCUT2D eigenvalue weighted by molar-refractivity contribution is 0.168. The van der Waals surface area contributed by atoms with Gasteiger partial charge in [-0.1, -0.05) is 0 Å². The Morgan fingerprint density at radius 1 is 1.06 bits per heavy atom. The third-order valence-corrected chi connectivity index (χ3v) is 3.27. The molecule has 0 bridgehead atoms. The summed E-state index contributed by atoms with van der Waals surface area (Å²) in [6.07, 6.45) is 5.03. The SMILES string of the molecule is Nc1cc2c(cc1OC1CCCC1)OCCO2. The van der Waals surface area contributed by atoms with Gasteiger partial charge < -0.3 is 19.9 Å². The number of nitrogen functional groups attached to an aromatic ring is 1. The summed E-state index contributed by atoms with van der Waals surface area (Å²) in [6, 6.07) is 3.64. The Morgan fingerprint density at radius 3 is 2.41 bits per heavy atom. The van der Waals surface area contributed by atoms with Crippen molar-refractivity contribution in [3.8, 4) is 17.2 Å². The van der Waals surface area contributed by atoms with Crippen LogP contribution in [-0.2, 0) is 0 Å². The van der Waals surface area contributed by atoms with Gasteiger partial charge in [-0.05, 0) is 25.7 Å². The molecule has 2 aliphatic rings. The molecule has 4 heteroatoms. The van der Waals surface area contributed by atoms with Crippen molar-refractivity contribution < 1.29 is 14.2 Å². The molecule has 1 aromatic rings. The molecule has 1 fully saturated rings. The zero-order valence-corrected chi connectivity index (χ0v) is 9.78. The van der Waals surface area contributed by atoms with Crippen LogP contribution in [0.3, 0.4) is 0 Å². The van der Waals surface area contributed by atoms with Gasteiger partial charge in [0.25, 0.3) is 0 Å². The molecule has 92 valence electrons. The molecular weight excluding hydrogens is 218 g/mol. The molecule has 0 unspecified atom stereocenters. The predicted molar refractivity (Wildman–Crippen MR) is 64.7 cm³/mol. The van der Waals surface area contributed by atoms with E-state index < -0.39 is 0 Å². The van der Waals surface area contributed by atoms with E-state index in [2.05, 4.69) is 0 Å². The fourth-order valence-corrected chi connectivity index (χ4v) is 2.37. The van der Waals surface area contributed by atoms with E-state index in [1.807, 2.05) is 6.07 Å². The van der Waals surface area contributed by atoms with Crippen LogP contribution in [-0.4, -0.2) is 19.3 Å². The maximum atomic E-state index is 5.96. The highest BCUT2D eigenvalue weighted by molar-refractivity contribution is 5.62. The second-order valence-electron chi connectivity index (χ2n) is 4.56. The quantitative estimate of drug-likeness (QED) is 0.799. The van der Waals surface area contributed by atoms with E-state index in [0.29, 0.717) is 30.8 Å². The first-order valence-corrected chi connectivity index (χ1v) is 6.19. The predicted octanol–water partition coefficient (Wildman–Crippen LogP) is 2.36. The van der Waals surface area contributed by atoms with Gasteiger partial charge in [0, 0.05) is 12.1 Å². The summed E-state index contributed by atoms with van der Waals surface area (Å²) in [5.74, 6) is 2.17. The number of nitrogens with two attached hydrogens (primary N) is 1. The fourth-order valence-electron chi connectivity index (χ4n) is 2.37. The first kappa shape index (κ1) is 10.6. The van der Waals surface area contributed by atoms with E-state index in [-0.39, 0.29) is 0 Å². The number of fused-ring (bicyclic) bond motifs is 1. The van der Waals surface area contributed by atoms with Gasteiger partial charge in [-0.15, -0.1) is 0 Å². The van der Waals surface area contributed by atoms with Crippen LogP contribution in [0.15, 0.2) is 12.1 Å². The van der Waals surface area contributed by atoms with Crippen LogP contribution < -0.4 is 19.9 Å². The summed E-state index contributed by atoms with van der Waals surface area (Å²) < 4.78 is 16.9. The number of hydrogen-bond acceptors (Lipinski definition) is 4. The van der Waals surface area contributed by atoms with Crippen LogP contribution >= 0.6 is 0 Å². The second kappa shape index (κ2) is 4.35. The molecule has 0 atom stereocenters. The number of anilines is 1. The number of hydrogen-bond donors (Lipinski definition) is 1. The van der Waals surface area contributed by atoms with Crippen molar-refractivity contribution in [1.82, 2.24) is 0 Å². The molecule has 2 N–H and O–H groups in total. The van der Waals surface area contributed by atoms with Crippen LogP contribution in [0.5, 0.6) is 17.2 Å². The lowest BCUT2D eigenvalue weighted by Gasteiger charge is -2.21. The second-order valence-corrected chi connectivity index (χ2v) is 4.56. The smallest absolute Gasteiger partial charge is 0.165 e. The van der Waals surface area contributed by atoms with Gasteiger partial charge in [0.2, 0.25) is 0 Å². The third-order valence-electron chi connectivity index (χ3n) is 3.27. The van der Waals surface area contributed by atoms with Crippen molar-refractivity contribution in [2.75, 3.05) is 18.9 Å². The van der Waals surface area contributed by atoms with Crippen LogP contribution in [0.25, 0.3) is 0 Å². The molecule has 1 aromatic carbocycles. The van der Waals surface area contributed by atoms with Crippen LogP contribution in [0.1, 0.15) is 25.7 Å². The van der Waals surface area contributed by atoms with E-state index in [9.17, 15) is 0 Å². The lowest BCUT2D eigenvalue weighted by Crippen LogP contribution is -2.17. The van der Waals surface area contributed by atoms with E-state index in [1.165, 1.54) is 12.8 Å². The van der Waals surface area contributed by atoms with E-state index in [0.717, 1.165) is 24.3 Å². The Hall–Kier alpha value is -1.58. The molecule has 1 heterocycles. The topological polar surface area (TPSA) is 53.7 Å². The van der Waals surface area contributed by atoms with Gasteiger partial charge in [0.05, 0.1) is 11.8 Å². The zero-order valence-electron chi connectivity index (χ0n) is 9.78. The summed E-state index contributed by atoms with van der Waals surface area (Å²) >= 11 is 0. The number of rotatable bonds is 2. The molecule has 0 amide bonds. The Morgan fingerprint density at radius 2 is 1.71 bits per heavy atom. The van der Waals surface area contributed by atoms with Crippen molar-refractivity contribution in [2.24, 2.45) is 0 Å². The average molecular weight is 235 g/mol. The average Bonchev–Trinajstić information content (AvgIpc) is 2.83. The first-order chi connectivity index (χ1) is 8.33. The van der Waals surface area contributed by atoms with Gasteiger partial charge >= 0.3 is 0 Å². The minimum atomic E-state index is 0.305. The summed E-state index contributed by atoms with van der Waals surface area (Å²) in [6.45, 7) is 1.16. The minimum Gasteiger partial charge on any atom is -0.488 e. The van der Waals surface area contributed by atoms with E-state index in [1.54, 1.807) is 6.07 Å². The van der Waals surface area contributed by atoms with Gasteiger partial charge in [-0.25, -0.2) is 0 Å². The Bertz CT molecular complexity index is 413. The van der Waals surface area contributed by atoms with Gasteiger partial charge in [0.15, 0.2) is 11.5 Å². The van der Waals surface area contributed by atoms with Gasteiger partial charge in [0.1, 0.15) is 19.0 Å². The molecule has 17 heavy (non-hydrogen) atoms. The third kappa shape index (κ3) is 2.12. The Kier molecular flexibility index (Phi) is 2.71. The molecular formula is C13H17NO3. The molecule has 0 saturated heterocycles. The number of ether oxygens (including phenoxy) is 3. The Balaban J connectivity index is 1.83. The van der Waals surface area contributed by atoms with Crippen LogP contribution in [0, 0.1) is 0 Å². The van der Waals surface area contributed by atoms with Crippen molar-refractivity contribution in [1.29, 1.82) is 0 Å². The van der Waals surface area contributed by atoms with Gasteiger partial charge in [-0.2, -0.15) is 0 Å². The molecule has 3 rings (SSSR count). The largest absolute Gasteiger partial charge is 0.488 e. The maximum absolute atomic E-state index is 5.96. The van der Waals surface area contributed by atoms with E-state index >= 15 is 0 Å². The normalized spacial score (nSPS) is 19.3. The molecule has 4 nitrogen and oxygen atoms in total. The van der Waals surface area contributed by atoms with Crippen molar-refractivity contribution >= 4 is 5.69 Å². The van der Waals surface area contributed by atoms with E-state index in [4.69, 9.17) is 19.9 Å². The monoisotopic (exact) mass is 235 g/mol. The lowest BCUT2D eigenvalue weighted by atomic mass is 10.2. The van der Waals surface area contributed by atoms with Crippen LogP contribution in [0.2, 0.25) is 0 Å². The van der Waals surface area contributed by atoms with Crippen molar-refractivity contribution in [3.05, 3.63) is 12.1 Å². The highest BCUT2D eigenvalue weighted by Crippen LogP contribution is 2.39. The highest BCUT2D eigenvalue weighted by atomic mass is 16.6. The highest BCUT2D eigenvalue weighted by Gasteiger charge is 2.20. The zero-order chi connectivity index (χ0) is 11.7. The van der Waals surface area contributed by atoms with Crippen molar-refractivity contribution in [2.45, 2.75) is 31.8 Å². The minimum absolute atomic E-state index is 0.305. The molecule has 1 saturated carbocycles. The van der Waals surface area contributed by atoms with Crippen molar-refractivity contribution in [3.63, 3.8) is 0 Å². The molecule has 0 radical (unpaired) electrons. The standard InChI is InChI=1S/C13H17NO3/c14-10-7-12-13(16-6-5-15-12)8-11(10)17-9-3-1-2-4-9/h7-9H,1-6,14H2. The summed E-state index contributed by atoms with van der Waals surface area (Å²) in [5.41, 5.74) is 6.59. The summed E-state index contributed by atoms with van der Waals surface area (Å²) in [5, 5.41) is 0. The molecule has 1 aliphatic heterocycles. The molecule has 0 spiro atoms. The molecule has 1 aliphatic carbocycles. The summed E-state index contributed by atoms with van der Waals surface area (Å²) in [4.78, 5) is 0. The fraction of sp³-hybridized carbons (Fsp3) is 0.538. The van der Waals surface area contributed by atoms with Crippen LogP contribution in [0.4, 0.5) is 5.69 Å². The maximum Gasteiger partial charge on any atom is 0.165 e. The number of benzene rings is 1. The Labute approximate surface area is 101 Å². The first-order valence-electron chi connectivity index (χ1n) is 6.19. The molecule has 0 aromatic heterocycles.